The van der Waals surface area contributed by atoms with Gasteiger partial charge in [-0.1, -0.05) is 18.2 Å². The Kier molecular flexibility index (Phi) is 2.56. The fourth-order valence-corrected chi connectivity index (χ4v) is 3.04. The fourth-order valence-electron chi connectivity index (χ4n) is 2.01. The molecule has 0 radical (unpaired) electrons. The molecule has 2 nitrogen and oxygen atoms in total. The molecule has 1 aromatic heterocycles. The lowest BCUT2D eigenvalue weighted by atomic mass is 10.1. The average Bonchev–Trinajstić information content (AvgIpc) is 2.75. The Bertz CT molecular complexity index is 730. The smallest absolute Gasteiger partial charge is 0.125 e. The van der Waals surface area contributed by atoms with Crippen LogP contribution in [0.2, 0.25) is 0 Å². The number of phenolic OH excluding ortho intramolecular Hbond substituents is 1. The number of rotatable bonds is 1. The van der Waals surface area contributed by atoms with Crippen molar-refractivity contribution >= 4 is 21.6 Å². The zero-order chi connectivity index (χ0) is 12.7. The van der Waals surface area contributed by atoms with Crippen molar-refractivity contribution in [3.63, 3.8) is 0 Å². The predicted octanol–water partition coefficient (Wildman–Crippen LogP) is 4.29. The van der Waals surface area contributed by atoms with Gasteiger partial charge in [-0.15, -0.1) is 11.3 Å². The molecule has 0 aliphatic carbocycles. The first kappa shape index (κ1) is 11.2. The van der Waals surface area contributed by atoms with Gasteiger partial charge in [-0.25, -0.2) is 4.98 Å². The van der Waals surface area contributed by atoms with Gasteiger partial charge in [0.1, 0.15) is 10.8 Å². The van der Waals surface area contributed by atoms with E-state index < -0.39 is 0 Å². The van der Waals surface area contributed by atoms with Crippen molar-refractivity contribution in [3.05, 3.63) is 47.5 Å². The molecule has 0 unspecified atom stereocenters. The molecule has 90 valence electrons. The predicted molar refractivity (Wildman–Crippen MR) is 76.2 cm³/mol. The number of phenols is 1. The molecular weight excluding hydrogens is 242 g/mol. The summed E-state index contributed by atoms with van der Waals surface area (Å²) < 4.78 is 1.18. The minimum Gasteiger partial charge on any atom is -0.508 e. The molecule has 3 aromatic rings. The zero-order valence-corrected chi connectivity index (χ0v) is 11.1. The number of aromatic nitrogens is 1. The highest BCUT2D eigenvalue weighted by atomic mass is 32.1. The maximum Gasteiger partial charge on any atom is 0.125 e. The van der Waals surface area contributed by atoms with Crippen LogP contribution >= 0.6 is 11.3 Å². The van der Waals surface area contributed by atoms with Crippen molar-refractivity contribution < 1.29 is 5.11 Å². The van der Waals surface area contributed by atoms with Crippen LogP contribution in [0.1, 0.15) is 11.1 Å². The lowest BCUT2D eigenvalue weighted by Crippen LogP contribution is -1.82. The lowest BCUT2D eigenvalue weighted by molar-refractivity contribution is 0.471. The molecule has 0 spiro atoms. The third-order valence-electron chi connectivity index (χ3n) is 3.08. The Labute approximate surface area is 110 Å². The SMILES string of the molecule is Cc1ccc2sc(-c3cccc(O)c3C)nc2c1. The maximum atomic E-state index is 9.76. The third-order valence-corrected chi connectivity index (χ3v) is 4.15. The molecular formula is C15H13NOS. The Morgan fingerprint density at radius 1 is 1.11 bits per heavy atom. The molecule has 3 rings (SSSR count). The van der Waals surface area contributed by atoms with Crippen molar-refractivity contribution in [2.45, 2.75) is 13.8 Å². The quantitative estimate of drug-likeness (QED) is 0.703. The number of hydrogen-bond acceptors (Lipinski definition) is 3. The number of hydrogen-bond donors (Lipinski definition) is 1. The van der Waals surface area contributed by atoms with E-state index in [4.69, 9.17) is 0 Å². The van der Waals surface area contributed by atoms with Gasteiger partial charge in [0.25, 0.3) is 0 Å². The van der Waals surface area contributed by atoms with Gasteiger partial charge in [0.15, 0.2) is 0 Å². The largest absolute Gasteiger partial charge is 0.508 e. The summed E-state index contributed by atoms with van der Waals surface area (Å²) in [6.07, 6.45) is 0. The van der Waals surface area contributed by atoms with Gasteiger partial charge in [-0.3, -0.25) is 0 Å². The van der Waals surface area contributed by atoms with Gasteiger partial charge in [0.2, 0.25) is 0 Å². The summed E-state index contributed by atoms with van der Waals surface area (Å²) in [7, 11) is 0. The van der Waals surface area contributed by atoms with E-state index in [1.165, 1.54) is 10.3 Å². The van der Waals surface area contributed by atoms with Gasteiger partial charge >= 0.3 is 0 Å². The zero-order valence-electron chi connectivity index (χ0n) is 10.3. The van der Waals surface area contributed by atoms with Crippen molar-refractivity contribution in [1.29, 1.82) is 0 Å². The van der Waals surface area contributed by atoms with Crippen molar-refractivity contribution in [2.24, 2.45) is 0 Å². The molecule has 0 amide bonds. The molecule has 2 aromatic carbocycles. The maximum absolute atomic E-state index is 9.76. The van der Waals surface area contributed by atoms with E-state index in [9.17, 15) is 5.11 Å². The van der Waals surface area contributed by atoms with Gasteiger partial charge in [0, 0.05) is 11.1 Å². The number of aromatic hydroxyl groups is 1. The molecule has 3 heteroatoms. The van der Waals surface area contributed by atoms with Gasteiger partial charge < -0.3 is 5.11 Å². The molecule has 0 atom stereocenters. The molecule has 1 heterocycles. The highest BCUT2D eigenvalue weighted by molar-refractivity contribution is 7.21. The number of benzene rings is 2. The highest BCUT2D eigenvalue weighted by Gasteiger charge is 2.10. The number of aryl methyl sites for hydroxylation is 1. The van der Waals surface area contributed by atoms with Crippen molar-refractivity contribution in [3.8, 4) is 16.3 Å². The van der Waals surface area contributed by atoms with E-state index in [1.807, 2.05) is 19.1 Å². The minimum atomic E-state index is 0.322. The third kappa shape index (κ3) is 1.77. The van der Waals surface area contributed by atoms with E-state index >= 15 is 0 Å². The second-order valence-electron chi connectivity index (χ2n) is 4.44. The Morgan fingerprint density at radius 3 is 2.78 bits per heavy atom. The summed E-state index contributed by atoms with van der Waals surface area (Å²) >= 11 is 1.66. The lowest BCUT2D eigenvalue weighted by Gasteiger charge is -2.03. The minimum absolute atomic E-state index is 0.322. The van der Waals surface area contributed by atoms with Crippen LogP contribution in [0.25, 0.3) is 20.8 Å². The molecule has 0 saturated heterocycles. The molecule has 18 heavy (non-hydrogen) atoms. The second kappa shape index (κ2) is 4.10. The first-order chi connectivity index (χ1) is 8.65. The summed E-state index contributed by atoms with van der Waals surface area (Å²) in [5.74, 6) is 0.322. The van der Waals surface area contributed by atoms with E-state index in [-0.39, 0.29) is 0 Å². The van der Waals surface area contributed by atoms with Crippen LogP contribution in [0, 0.1) is 13.8 Å². The second-order valence-corrected chi connectivity index (χ2v) is 5.47. The fraction of sp³-hybridized carbons (Fsp3) is 0.133. The Hall–Kier alpha value is -1.87. The summed E-state index contributed by atoms with van der Waals surface area (Å²) in [5, 5.41) is 10.7. The standard InChI is InChI=1S/C15H13NOS/c1-9-6-7-14-12(8-9)16-15(18-14)11-4-3-5-13(17)10(11)2/h3-8,17H,1-2H3. The Balaban J connectivity index is 2.22. The van der Waals surface area contributed by atoms with Gasteiger partial charge in [0.05, 0.1) is 10.2 Å². The number of fused-ring (bicyclic) bond motifs is 1. The van der Waals surface area contributed by atoms with Crippen LogP contribution in [0.4, 0.5) is 0 Å². The summed E-state index contributed by atoms with van der Waals surface area (Å²) in [5.41, 5.74) is 4.13. The van der Waals surface area contributed by atoms with Crippen LogP contribution in [-0.4, -0.2) is 10.1 Å². The van der Waals surface area contributed by atoms with E-state index in [1.54, 1.807) is 17.4 Å². The van der Waals surface area contributed by atoms with Gasteiger partial charge in [-0.2, -0.15) is 0 Å². The van der Waals surface area contributed by atoms with Crippen molar-refractivity contribution in [1.82, 2.24) is 4.98 Å². The molecule has 0 saturated carbocycles. The summed E-state index contributed by atoms with van der Waals surface area (Å²) in [4.78, 5) is 4.65. The van der Waals surface area contributed by atoms with E-state index in [0.29, 0.717) is 5.75 Å². The molecule has 0 aliphatic rings. The molecule has 0 aliphatic heterocycles. The topological polar surface area (TPSA) is 33.1 Å². The van der Waals surface area contributed by atoms with Crippen LogP contribution in [0.3, 0.4) is 0 Å². The number of nitrogens with zero attached hydrogens (tertiary/aromatic N) is 1. The molecule has 0 fully saturated rings. The normalized spacial score (nSPS) is 11.0. The number of thiazole rings is 1. The van der Waals surface area contributed by atoms with Crippen LogP contribution < -0.4 is 0 Å². The first-order valence-corrected chi connectivity index (χ1v) is 6.63. The monoisotopic (exact) mass is 255 g/mol. The van der Waals surface area contributed by atoms with Crippen LogP contribution in [0.5, 0.6) is 5.75 Å². The van der Waals surface area contributed by atoms with Crippen LogP contribution in [-0.2, 0) is 0 Å². The van der Waals surface area contributed by atoms with E-state index in [2.05, 4.69) is 30.1 Å². The average molecular weight is 255 g/mol. The van der Waals surface area contributed by atoms with Crippen molar-refractivity contribution in [2.75, 3.05) is 0 Å². The molecule has 1 N–H and O–H groups in total. The van der Waals surface area contributed by atoms with Gasteiger partial charge in [-0.05, 0) is 37.6 Å². The summed E-state index contributed by atoms with van der Waals surface area (Å²) in [6, 6.07) is 11.8. The Morgan fingerprint density at radius 2 is 1.94 bits per heavy atom. The van der Waals surface area contributed by atoms with Crippen LogP contribution in [0.15, 0.2) is 36.4 Å². The highest BCUT2D eigenvalue weighted by Crippen LogP contribution is 2.34. The first-order valence-electron chi connectivity index (χ1n) is 5.81. The summed E-state index contributed by atoms with van der Waals surface area (Å²) in [6.45, 7) is 3.99. The molecule has 0 bridgehead atoms. The van der Waals surface area contributed by atoms with E-state index in [0.717, 1.165) is 21.7 Å².